The van der Waals surface area contributed by atoms with Crippen LogP contribution in [-0.4, -0.2) is 25.7 Å². The Hall–Kier alpha value is -4.00. The second-order valence-electron chi connectivity index (χ2n) is 6.84. The van der Waals surface area contributed by atoms with Gasteiger partial charge in [-0.25, -0.2) is 0 Å². The van der Waals surface area contributed by atoms with Gasteiger partial charge in [0.05, 0.1) is 12.0 Å². The van der Waals surface area contributed by atoms with Gasteiger partial charge in [-0.3, -0.25) is 4.79 Å². The summed E-state index contributed by atoms with van der Waals surface area (Å²) in [5.41, 5.74) is 4.05. The van der Waals surface area contributed by atoms with Crippen LogP contribution in [0.25, 0.3) is 27.7 Å². The number of fused-ring (bicyclic) bond motifs is 3. The first kappa shape index (κ1) is 17.1. The minimum Gasteiger partial charge on any atom is -0.459 e. The molecule has 0 aliphatic rings. The summed E-state index contributed by atoms with van der Waals surface area (Å²) >= 11 is 0. The largest absolute Gasteiger partial charge is 0.459 e. The fourth-order valence-corrected chi connectivity index (χ4v) is 3.39. The molecule has 0 unspecified atom stereocenters. The molecule has 1 N–H and O–H groups in total. The maximum Gasteiger partial charge on any atom is 0.291 e. The number of aromatic nitrogens is 4. The van der Waals surface area contributed by atoms with E-state index in [-0.39, 0.29) is 11.7 Å². The lowest BCUT2D eigenvalue weighted by Gasteiger charge is -2.12. The van der Waals surface area contributed by atoms with E-state index >= 15 is 0 Å². The van der Waals surface area contributed by atoms with Gasteiger partial charge < -0.3 is 9.73 Å². The van der Waals surface area contributed by atoms with Crippen LogP contribution in [0.5, 0.6) is 0 Å². The third kappa shape index (κ3) is 2.84. The van der Waals surface area contributed by atoms with Crippen molar-refractivity contribution in [3.05, 3.63) is 78.0 Å². The fraction of sp³-hybridized carbons (Fsp3) is 0.0909. The predicted octanol–water partition coefficient (Wildman–Crippen LogP) is 4.41. The molecule has 0 aliphatic carbocycles. The van der Waals surface area contributed by atoms with Gasteiger partial charge in [0.15, 0.2) is 17.2 Å². The zero-order valence-corrected chi connectivity index (χ0v) is 15.9. The first-order chi connectivity index (χ1) is 14.1. The van der Waals surface area contributed by atoms with Crippen molar-refractivity contribution in [3.63, 3.8) is 0 Å². The van der Waals surface area contributed by atoms with Gasteiger partial charge in [-0.05, 0) is 37.6 Å². The van der Waals surface area contributed by atoms with Crippen molar-refractivity contribution in [2.75, 3.05) is 5.32 Å². The van der Waals surface area contributed by atoms with Crippen LogP contribution in [-0.2, 0) is 0 Å². The zero-order valence-electron chi connectivity index (χ0n) is 15.9. The van der Waals surface area contributed by atoms with Gasteiger partial charge in [0.25, 0.3) is 5.91 Å². The first-order valence-corrected chi connectivity index (χ1v) is 9.18. The molecule has 2 aromatic carbocycles. The zero-order chi connectivity index (χ0) is 20.0. The minimum atomic E-state index is -0.293. The molecule has 0 saturated carbocycles. The van der Waals surface area contributed by atoms with Gasteiger partial charge in [-0.2, -0.15) is 9.61 Å². The molecular formula is C22H17N5O2. The highest BCUT2D eigenvalue weighted by Crippen LogP contribution is 2.31. The number of nitrogens with zero attached hydrogens (tertiary/aromatic N) is 4. The van der Waals surface area contributed by atoms with E-state index in [0.29, 0.717) is 11.5 Å². The van der Waals surface area contributed by atoms with E-state index in [2.05, 4.69) is 15.5 Å². The van der Waals surface area contributed by atoms with Gasteiger partial charge in [-0.1, -0.05) is 36.4 Å². The number of carbonyl (C=O) groups is 1. The van der Waals surface area contributed by atoms with Gasteiger partial charge >= 0.3 is 0 Å². The number of carbonyl (C=O) groups excluding carboxylic acids is 1. The molecule has 5 aromatic rings. The highest BCUT2D eigenvalue weighted by atomic mass is 16.3. The molecule has 0 radical (unpaired) electrons. The minimum absolute atomic E-state index is 0.264. The van der Waals surface area contributed by atoms with Gasteiger partial charge in [0.1, 0.15) is 0 Å². The Bertz CT molecular complexity index is 1370. The number of anilines is 1. The Morgan fingerprint density at radius 2 is 1.83 bits per heavy atom. The van der Waals surface area contributed by atoms with E-state index in [4.69, 9.17) is 9.52 Å². The topological polar surface area (TPSA) is 85.3 Å². The molecule has 3 aromatic heterocycles. The van der Waals surface area contributed by atoms with Crippen LogP contribution in [0.4, 0.5) is 5.69 Å². The normalized spacial score (nSPS) is 11.2. The summed E-state index contributed by atoms with van der Waals surface area (Å²) in [7, 11) is 0. The molecule has 7 heteroatoms. The molecule has 142 valence electrons. The standard InChI is InChI=1S/C22H17N5O2/c1-13-9-10-15(12-18(13)23-22(28)19-8-5-11-29-19)20-16-6-3-4-7-17(16)21-25-24-14(2)27(21)26-20/h3-12H,1-2H3,(H,23,28). The average molecular weight is 383 g/mol. The Balaban J connectivity index is 1.66. The van der Waals surface area contributed by atoms with Crippen LogP contribution in [0, 0.1) is 13.8 Å². The highest BCUT2D eigenvalue weighted by molar-refractivity contribution is 6.04. The lowest BCUT2D eigenvalue weighted by molar-refractivity contribution is 0.0996. The van der Waals surface area contributed by atoms with Crippen LogP contribution in [0.3, 0.4) is 0 Å². The number of hydrogen-bond donors (Lipinski definition) is 1. The molecule has 0 saturated heterocycles. The van der Waals surface area contributed by atoms with Crippen LogP contribution >= 0.6 is 0 Å². The second kappa shape index (κ2) is 6.56. The van der Waals surface area contributed by atoms with Crippen LogP contribution < -0.4 is 5.32 Å². The Kier molecular flexibility index (Phi) is 3.87. The molecule has 7 nitrogen and oxygen atoms in total. The number of nitrogens with one attached hydrogen (secondary N) is 1. The smallest absolute Gasteiger partial charge is 0.291 e. The monoisotopic (exact) mass is 383 g/mol. The number of hydrogen-bond acceptors (Lipinski definition) is 5. The van der Waals surface area contributed by atoms with Crippen LogP contribution in [0.15, 0.2) is 65.3 Å². The molecule has 3 heterocycles. The van der Waals surface area contributed by atoms with E-state index in [9.17, 15) is 4.79 Å². The maximum atomic E-state index is 12.4. The molecule has 1 amide bonds. The molecule has 0 fully saturated rings. The lowest BCUT2D eigenvalue weighted by Crippen LogP contribution is -2.12. The van der Waals surface area contributed by atoms with Crippen molar-refractivity contribution in [1.29, 1.82) is 0 Å². The summed E-state index contributed by atoms with van der Waals surface area (Å²) < 4.78 is 6.94. The quantitative estimate of drug-likeness (QED) is 0.499. The van der Waals surface area contributed by atoms with Gasteiger partial charge in [0.2, 0.25) is 0 Å². The van der Waals surface area contributed by atoms with Crippen molar-refractivity contribution in [1.82, 2.24) is 19.8 Å². The van der Waals surface area contributed by atoms with E-state index < -0.39 is 0 Å². The Morgan fingerprint density at radius 3 is 2.62 bits per heavy atom. The predicted molar refractivity (Wildman–Crippen MR) is 110 cm³/mol. The summed E-state index contributed by atoms with van der Waals surface area (Å²) in [6, 6.07) is 17.2. The van der Waals surface area contributed by atoms with Crippen LogP contribution in [0.1, 0.15) is 21.9 Å². The Morgan fingerprint density at radius 1 is 1.00 bits per heavy atom. The van der Waals surface area contributed by atoms with E-state index in [1.54, 1.807) is 16.6 Å². The van der Waals surface area contributed by atoms with Gasteiger partial charge in [-0.15, -0.1) is 10.2 Å². The summed E-state index contributed by atoms with van der Waals surface area (Å²) in [5, 5.41) is 18.1. The number of benzene rings is 2. The molecular weight excluding hydrogens is 366 g/mol. The lowest BCUT2D eigenvalue weighted by atomic mass is 10.0. The molecule has 0 aliphatic heterocycles. The van der Waals surface area contributed by atoms with E-state index in [1.165, 1.54) is 6.26 Å². The van der Waals surface area contributed by atoms with Crippen molar-refractivity contribution in [2.24, 2.45) is 0 Å². The summed E-state index contributed by atoms with van der Waals surface area (Å²) in [5.74, 6) is 0.684. The number of furan rings is 1. The fourth-order valence-electron chi connectivity index (χ4n) is 3.39. The summed E-state index contributed by atoms with van der Waals surface area (Å²) in [4.78, 5) is 12.4. The molecule has 29 heavy (non-hydrogen) atoms. The van der Waals surface area contributed by atoms with Crippen molar-refractivity contribution in [2.45, 2.75) is 13.8 Å². The molecule has 0 spiro atoms. The summed E-state index contributed by atoms with van der Waals surface area (Å²) in [6.45, 7) is 3.82. The number of amides is 1. The van der Waals surface area contributed by atoms with Crippen molar-refractivity contribution in [3.8, 4) is 11.3 Å². The highest BCUT2D eigenvalue weighted by Gasteiger charge is 2.16. The Labute approximate surface area is 166 Å². The van der Waals surface area contributed by atoms with Crippen LogP contribution in [0.2, 0.25) is 0 Å². The molecule has 0 atom stereocenters. The number of aryl methyl sites for hydroxylation is 2. The maximum absolute atomic E-state index is 12.4. The van der Waals surface area contributed by atoms with Gasteiger partial charge in [0, 0.05) is 22.0 Å². The third-order valence-electron chi connectivity index (χ3n) is 4.92. The second-order valence-corrected chi connectivity index (χ2v) is 6.84. The average Bonchev–Trinajstić information content (AvgIpc) is 3.40. The van der Waals surface area contributed by atoms with E-state index in [0.717, 1.165) is 33.2 Å². The first-order valence-electron chi connectivity index (χ1n) is 9.18. The number of rotatable bonds is 3. The third-order valence-corrected chi connectivity index (χ3v) is 4.92. The molecule has 0 bridgehead atoms. The SMILES string of the molecule is Cc1ccc(-c2nn3c(C)nnc3c3ccccc23)cc1NC(=O)c1ccco1. The van der Waals surface area contributed by atoms with Crippen molar-refractivity contribution >= 4 is 28.0 Å². The summed E-state index contributed by atoms with van der Waals surface area (Å²) in [6.07, 6.45) is 1.48. The molecule has 5 rings (SSSR count). The van der Waals surface area contributed by atoms with E-state index in [1.807, 2.05) is 56.3 Å². The van der Waals surface area contributed by atoms with Crippen molar-refractivity contribution < 1.29 is 9.21 Å².